The molecule has 8 nitrogen and oxygen atoms in total. The van der Waals surface area contributed by atoms with E-state index in [1.807, 2.05) is 6.92 Å². The number of piperidine rings is 1. The zero-order valence-electron chi connectivity index (χ0n) is 17.5. The van der Waals surface area contributed by atoms with E-state index in [4.69, 9.17) is 0 Å². The number of halogens is 2. The summed E-state index contributed by atoms with van der Waals surface area (Å²) in [5, 5.41) is 8.10. The van der Waals surface area contributed by atoms with E-state index < -0.39 is 11.6 Å². The summed E-state index contributed by atoms with van der Waals surface area (Å²) in [6, 6.07) is 4.28. The van der Waals surface area contributed by atoms with Crippen LogP contribution in [-0.2, 0) is 4.79 Å². The molecule has 0 spiro atoms. The molecule has 3 aromatic rings. The predicted octanol–water partition coefficient (Wildman–Crippen LogP) is 2.49. The van der Waals surface area contributed by atoms with E-state index in [2.05, 4.69) is 20.4 Å². The molecule has 3 heterocycles. The fourth-order valence-electron chi connectivity index (χ4n) is 4.05. The van der Waals surface area contributed by atoms with Crippen LogP contribution in [0.5, 0.6) is 0 Å². The maximum atomic E-state index is 14.0. The lowest BCUT2D eigenvalue weighted by atomic mass is 10.0. The highest BCUT2D eigenvalue weighted by atomic mass is 19.1. The number of rotatable bonds is 4. The average molecular weight is 440 g/mol. The normalized spacial score (nSPS) is 18.0. The van der Waals surface area contributed by atoms with E-state index >= 15 is 0 Å². The summed E-state index contributed by atoms with van der Waals surface area (Å²) in [5.74, 6) is -0.899. The molecule has 2 fully saturated rings. The lowest BCUT2D eigenvalue weighted by Crippen LogP contribution is -2.49. The summed E-state index contributed by atoms with van der Waals surface area (Å²) >= 11 is 0. The van der Waals surface area contributed by atoms with Crippen molar-refractivity contribution in [1.29, 1.82) is 0 Å². The summed E-state index contributed by atoms with van der Waals surface area (Å²) in [6.07, 6.45) is 4.55. The third-order valence-corrected chi connectivity index (χ3v) is 6.11. The molecule has 0 radical (unpaired) electrons. The van der Waals surface area contributed by atoms with Crippen LogP contribution in [0.25, 0.3) is 16.9 Å². The monoisotopic (exact) mass is 440 g/mol. The maximum Gasteiger partial charge on any atom is 0.260 e. The van der Waals surface area contributed by atoms with Gasteiger partial charge in [0.2, 0.25) is 0 Å². The zero-order chi connectivity index (χ0) is 22.5. The van der Waals surface area contributed by atoms with Gasteiger partial charge in [-0.1, -0.05) is 0 Å². The standard InChI is InChI=1S/C22H22F2N6O2/c1-13-17-3-2-15(23)10-18(17)30(28-13)21-25-11-14(12-26-21)19(31)27-16-4-8-29(9-5-16)20(32)22(24)6-7-22/h2-3,10-12,16H,4-9H2,1H3,(H,27,31). The SMILES string of the molecule is Cc1nn(-c2ncc(C(=O)NC3CCN(C(=O)C4(F)CC4)CC3)cn2)c2cc(F)ccc12. The molecule has 0 unspecified atom stereocenters. The van der Waals surface area contributed by atoms with Crippen molar-refractivity contribution in [2.24, 2.45) is 0 Å². The summed E-state index contributed by atoms with van der Waals surface area (Å²) in [7, 11) is 0. The van der Waals surface area contributed by atoms with E-state index in [-0.39, 0.29) is 29.3 Å². The fourth-order valence-corrected chi connectivity index (χ4v) is 4.05. The van der Waals surface area contributed by atoms with Gasteiger partial charge in [0.1, 0.15) is 5.82 Å². The summed E-state index contributed by atoms with van der Waals surface area (Å²) < 4.78 is 29.1. The third-order valence-electron chi connectivity index (χ3n) is 6.11. The summed E-state index contributed by atoms with van der Waals surface area (Å²) in [5.41, 5.74) is -0.107. The van der Waals surface area contributed by atoms with E-state index in [0.29, 0.717) is 44.3 Å². The topological polar surface area (TPSA) is 93.0 Å². The molecular formula is C22H22F2N6O2. The molecule has 1 aliphatic carbocycles. The Balaban J connectivity index is 1.24. The van der Waals surface area contributed by atoms with E-state index in [1.54, 1.807) is 11.0 Å². The van der Waals surface area contributed by atoms with Crippen LogP contribution < -0.4 is 5.32 Å². The first-order valence-electron chi connectivity index (χ1n) is 10.6. The second kappa shape index (κ2) is 7.61. The van der Waals surface area contributed by atoms with Crippen molar-refractivity contribution < 1.29 is 18.4 Å². The molecule has 2 aliphatic rings. The number of aromatic nitrogens is 4. The number of carbonyl (C=O) groups is 2. The van der Waals surface area contributed by atoms with Gasteiger partial charge in [0, 0.05) is 43.0 Å². The molecule has 32 heavy (non-hydrogen) atoms. The molecular weight excluding hydrogens is 418 g/mol. The van der Waals surface area contributed by atoms with E-state index in [1.165, 1.54) is 29.2 Å². The second-order valence-electron chi connectivity index (χ2n) is 8.44. The largest absolute Gasteiger partial charge is 0.349 e. The minimum atomic E-state index is -1.65. The lowest BCUT2D eigenvalue weighted by molar-refractivity contribution is -0.139. The number of nitrogens with one attached hydrogen (secondary N) is 1. The van der Waals surface area contributed by atoms with Gasteiger partial charge in [0.15, 0.2) is 5.67 Å². The highest BCUT2D eigenvalue weighted by molar-refractivity contribution is 5.94. The Hall–Kier alpha value is -3.43. The zero-order valence-corrected chi connectivity index (χ0v) is 17.5. The van der Waals surface area contributed by atoms with Crippen molar-refractivity contribution in [2.45, 2.75) is 44.3 Å². The van der Waals surface area contributed by atoms with Gasteiger partial charge >= 0.3 is 0 Å². The van der Waals surface area contributed by atoms with Crippen LogP contribution in [0.4, 0.5) is 8.78 Å². The number of hydrogen-bond donors (Lipinski definition) is 1. The molecule has 2 aromatic heterocycles. The minimum absolute atomic E-state index is 0.110. The number of carbonyl (C=O) groups excluding carboxylic acids is 2. The number of amides is 2. The first-order chi connectivity index (χ1) is 15.3. The van der Waals surface area contributed by atoms with E-state index in [9.17, 15) is 18.4 Å². The minimum Gasteiger partial charge on any atom is -0.349 e. The van der Waals surface area contributed by atoms with Crippen molar-refractivity contribution in [3.8, 4) is 5.95 Å². The number of fused-ring (bicyclic) bond motifs is 1. The Morgan fingerprint density at radius 1 is 1.16 bits per heavy atom. The van der Waals surface area contributed by atoms with Gasteiger partial charge in [-0.05, 0) is 44.7 Å². The van der Waals surface area contributed by atoms with Gasteiger partial charge in [-0.3, -0.25) is 9.59 Å². The molecule has 0 atom stereocenters. The Labute approximate surface area is 182 Å². The van der Waals surface area contributed by atoms with Crippen LogP contribution in [0.3, 0.4) is 0 Å². The Morgan fingerprint density at radius 2 is 1.84 bits per heavy atom. The van der Waals surface area contributed by atoms with Crippen molar-refractivity contribution in [1.82, 2.24) is 30.0 Å². The first kappa shape index (κ1) is 20.5. The Bertz CT molecular complexity index is 1200. The molecule has 2 amide bonds. The van der Waals surface area contributed by atoms with Crippen LogP contribution in [0.2, 0.25) is 0 Å². The predicted molar refractivity (Wildman–Crippen MR) is 111 cm³/mol. The average Bonchev–Trinajstić information content (AvgIpc) is 3.47. The number of alkyl halides is 1. The molecule has 1 saturated carbocycles. The van der Waals surface area contributed by atoms with E-state index in [0.717, 1.165) is 11.1 Å². The van der Waals surface area contributed by atoms with Gasteiger partial charge in [-0.2, -0.15) is 9.78 Å². The maximum absolute atomic E-state index is 14.0. The van der Waals surface area contributed by atoms with Gasteiger partial charge in [0.05, 0.1) is 16.8 Å². The quantitative estimate of drug-likeness (QED) is 0.673. The summed E-state index contributed by atoms with van der Waals surface area (Å²) in [4.78, 5) is 34.7. The molecule has 0 bridgehead atoms. The second-order valence-corrected chi connectivity index (χ2v) is 8.44. The number of likely N-dealkylation sites (tertiary alicyclic amines) is 1. The van der Waals surface area contributed by atoms with Crippen LogP contribution in [0.1, 0.15) is 41.7 Å². The van der Waals surface area contributed by atoms with Gasteiger partial charge in [-0.15, -0.1) is 0 Å². The van der Waals surface area contributed by atoms with Crippen LogP contribution in [0, 0.1) is 12.7 Å². The van der Waals surface area contributed by atoms with Gasteiger partial charge < -0.3 is 10.2 Å². The molecule has 1 saturated heterocycles. The summed E-state index contributed by atoms with van der Waals surface area (Å²) in [6.45, 7) is 2.66. The molecule has 1 aromatic carbocycles. The molecule has 166 valence electrons. The third kappa shape index (κ3) is 3.69. The number of nitrogens with zero attached hydrogens (tertiary/aromatic N) is 5. The van der Waals surface area contributed by atoms with Crippen molar-refractivity contribution >= 4 is 22.7 Å². The van der Waals surface area contributed by atoms with Gasteiger partial charge in [-0.25, -0.2) is 18.7 Å². The highest BCUT2D eigenvalue weighted by Crippen LogP contribution is 2.41. The smallest absolute Gasteiger partial charge is 0.260 e. The van der Waals surface area contributed by atoms with Crippen LogP contribution in [-0.4, -0.2) is 61.3 Å². The molecule has 10 heteroatoms. The fraction of sp³-hybridized carbons (Fsp3) is 0.409. The number of hydrogen-bond acceptors (Lipinski definition) is 5. The lowest BCUT2D eigenvalue weighted by Gasteiger charge is -2.33. The molecule has 1 N–H and O–H groups in total. The van der Waals surface area contributed by atoms with Gasteiger partial charge in [0.25, 0.3) is 17.8 Å². The van der Waals surface area contributed by atoms with Crippen LogP contribution >= 0.6 is 0 Å². The van der Waals surface area contributed by atoms with Crippen molar-refractivity contribution in [3.05, 3.63) is 47.7 Å². The number of aryl methyl sites for hydroxylation is 1. The van der Waals surface area contributed by atoms with Crippen molar-refractivity contribution in [3.63, 3.8) is 0 Å². The highest BCUT2D eigenvalue weighted by Gasteiger charge is 2.53. The molecule has 5 rings (SSSR count). The Kier molecular flexibility index (Phi) is 4.87. The first-order valence-corrected chi connectivity index (χ1v) is 10.6. The van der Waals surface area contributed by atoms with Crippen LogP contribution in [0.15, 0.2) is 30.6 Å². The number of benzene rings is 1. The molecule has 1 aliphatic heterocycles. The van der Waals surface area contributed by atoms with Crippen molar-refractivity contribution in [2.75, 3.05) is 13.1 Å². The Morgan fingerprint density at radius 3 is 2.50 bits per heavy atom.